The average Bonchev–Trinajstić information content (AvgIpc) is 2.32. The average molecular weight is 367 g/mol. The van der Waals surface area contributed by atoms with Crippen LogP contribution in [0.5, 0.6) is 0 Å². The molecule has 0 saturated heterocycles. The molecule has 0 saturated carbocycles. The highest BCUT2D eigenvalue weighted by Crippen LogP contribution is 2.23. The molecule has 0 aliphatic heterocycles. The van der Waals surface area contributed by atoms with Crippen molar-refractivity contribution in [2.45, 2.75) is 12.5 Å². The van der Waals surface area contributed by atoms with Gasteiger partial charge in [0.25, 0.3) is 0 Å². The fraction of sp³-hybridized carbons (Fsp3) is 0.182. The van der Waals surface area contributed by atoms with Crippen molar-refractivity contribution in [1.29, 1.82) is 0 Å². The van der Waals surface area contributed by atoms with Gasteiger partial charge >= 0.3 is 18.0 Å². The second-order valence-corrected chi connectivity index (χ2v) is 4.75. The Morgan fingerprint density at radius 1 is 1.19 bits per heavy atom. The summed E-state index contributed by atoms with van der Waals surface area (Å²) in [6.45, 7) is 0. The molecular formula is C11H9BrF2N2O5. The van der Waals surface area contributed by atoms with Crippen LogP contribution in [-0.2, 0) is 9.59 Å². The highest BCUT2D eigenvalue weighted by atomic mass is 79.9. The summed E-state index contributed by atoms with van der Waals surface area (Å²) in [5.41, 5.74) is -0.782. The summed E-state index contributed by atoms with van der Waals surface area (Å²) < 4.78 is 27.0. The van der Waals surface area contributed by atoms with Crippen LogP contribution in [0.1, 0.15) is 6.42 Å². The standard InChI is InChI=1S/C11H9BrF2N2O5/c12-4-1-5(13)9(6(14)2-4)16-11(21)15-7(10(19)20)3-8(17)18/h1-2,7H,3H2,(H,17,18)(H,19,20)(H2,15,16,21). The molecule has 0 heterocycles. The van der Waals surface area contributed by atoms with Gasteiger partial charge in [-0.2, -0.15) is 0 Å². The van der Waals surface area contributed by atoms with Crippen LogP contribution in [0, 0.1) is 11.6 Å². The molecule has 7 nitrogen and oxygen atoms in total. The first-order chi connectivity index (χ1) is 9.70. The summed E-state index contributed by atoms with van der Waals surface area (Å²) in [7, 11) is 0. The Labute approximate surface area is 125 Å². The van der Waals surface area contributed by atoms with Crippen LogP contribution < -0.4 is 10.6 Å². The van der Waals surface area contributed by atoms with Gasteiger partial charge in [0.1, 0.15) is 11.7 Å². The van der Waals surface area contributed by atoms with Crippen LogP contribution >= 0.6 is 15.9 Å². The number of rotatable bonds is 5. The molecule has 0 aliphatic carbocycles. The number of anilines is 1. The van der Waals surface area contributed by atoms with Gasteiger partial charge in [0, 0.05) is 4.47 Å². The van der Waals surface area contributed by atoms with Gasteiger partial charge in [0.05, 0.1) is 6.42 Å². The Morgan fingerprint density at radius 2 is 1.71 bits per heavy atom. The maximum absolute atomic E-state index is 13.5. The van der Waals surface area contributed by atoms with Crippen LogP contribution in [-0.4, -0.2) is 34.2 Å². The largest absolute Gasteiger partial charge is 0.481 e. The lowest BCUT2D eigenvalue weighted by Gasteiger charge is -2.14. The molecule has 2 amide bonds. The Kier molecular flexibility index (Phi) is 5.59. The molecule has 0 bridgehead atoms. The number of carbonyl (C=O) groups excluding carboxylic acids is 1. The summed E-state index contributed by atoms with van der Waals surface area (Å²) in [5.74, 6) is -5.21. The van der Waals surface area contributed by atoms with Gasteiger partial charge in [0.15, 0.2) is 11.6 Å². The molecule has 1 aromatic rings. The number of amides is 2. The third-order valence-corrected chi connectivity index (χ3v) is 2.69. The number of nitrogens with one attached hydrogen (secondary N) is 2. The number of halogens is 3. The number of carboxylic acids is 2. The quantitative estimate of drug-likeness (QED) is 0.633. The van der Waals surface area contributed by atoms with Crippen molar-refractivity contribution in [3.8, 4) is 0 Å². The van der Waals surface area contributed by atoms with Crippen molar-refractivity contribution >= 4 is 39.6 Å². The van der Waals surface area contributed by atoms with E-state index in [1.807, 2.05) is 0 Å². The third kappa shape index (κ3) is 4.99. The zero-order valence-electron chi connectivity index (χ0n) is 10.2. The SMILES string of the molecule is O=C(O)CC(NC(=O)Nc1c(F)cc(Br)cc1F)C(=O)O. The van der Waals surface area contributed by atoms with Crippen LogP contribution in [0.25, 0.3) is 0 Å². The first-order valence-corrected chi connectivity index (χ1v) is 6.16. The molecule has 21 heavy (non-hydrogen) atoms. The van der Waals surface area contributed by atoms with Gasteiger partial charge in [-0.3, -0.25) is 4.79 Å². The second-order valence-electron chi connectivity index (χ2n) is 3.83. The lowest BCUT2D eigenvalue weighted by atomic mass is 10.2. The van der Waals surface area contributed by atoms with Gasteiger partial charge in [-0.15, -0.1) is 0 Å². The summed E-state index contributed by atoms with van der Waals surface area (Å²) in [4.78, 5) is 32.7. The molecule has 1 rings (SSSR count). The molecule has 0 aliphatic rings. The normalized spacial score (nSPS) is 11.6. The number of hydrogen-bond donors (Lipinski definition) is 4. The number of carbonyl (C=O) groups is 3. The molecule has 1 unspecified atom stereocenters. The Morgan fingerprint density at radius 3 is 2.14 bits per heavy atom. The fourth-order valence-electron chi connectivity index (χ4n) is 1.34. The number of benzene rings is 1. The maximum atomic E-state index is 13.5. The predicted octanol–water partition coefficient (Wildman–Crippen LogP) is 1.78. The van der Waals surface area contributed by atoms with E-state index in [-0.39, 0.29) is 4.47 Å². The lowest BCUT2D eigenvalue weighted by Crippen LogP contribution is -2.44. The zero-order valence-corrected chi connectivity index (χ0v) is 11.8. The van der Waals surface area contributed by atoms with Crippen molar-refractivity contribution in [3.05, 3.63) is 28.2 Å². The number of urea groups is 1. The van der Waals surface area contributed by atoms with E-state index in [1.54, 1.807) is 10.6 Å². The van der Waals surface area contributed by atoms with Gasteiger partial charge in [-0.05, 0) is 12.1 Å². The smallest absolute Gasteiger partial charge is 0.326 e. The van der Waals surface area contributed by atoms with Crippen LogP contribution in [0.4, 0.5) is 19.3 Å². The summed E-state index contributed by atoms with van der Waals surface area (Å²) in [6.07, 6.45) is -0.881. The van der Waals surface area contributed by atoms with Crippen molar-refractivity contribution in [2.75, 3.05) is 5.32 Å². The van der Waals surface area contributed by atoms with Crippen LogP contribution in [0.2, 0.25) is 0 Å². The number of hydrogen-bond acceptors (Lipinski definition) is 3. The molecule has 114 valence electrons. The Balaban J connectivity index is 2.82. The van der Waals surface area contributed by atoms with Crippen molar-refractivity contribution < 1.29 is 33.4 Å². The highest BCUT2D eigenvalue weighted by Gasteiger charge is 2.24. The van der Waals surface area contributed by atoms with E-state index in [0.717, 1.165) is 12.1 Å². The topological polar surface area (TPSA) is 116 Å². The lowest BCUT2D eigenvalue weighted by molar-refractivity contribution is -0.145. The minimum atomic E-state index is -1.73. The second kappa shape index (κ2) is 6.97. The molecule has 0 fully saturated rings. The minimum Gasteiger partial charge on any atom is -0.481 e. The molecule has 0 spiro atoms. The van der Waals surface area contributed by atoms with Crippen molar-refractivity contribution in [3.63, 3.8) is 0 Å². The monoisotopic (exact) mass is 366 g/mol. The first-order valence-electron chi connectivity index (χ1n) is 5.37. The summed E-state index contributed by atoms with van der Waals surface area (Å²) in [6, 6.07) is -1.19. The van der Waals surface area contributed by atoms with E-state index in [4.69, 9.17) is 10.2 Å². The summed E-state index contributed by atoms with van der Waals surface area (Å²) in [5, 5.41) is 20.8. The molecule has 0 aromatic heterocycles. The molecule has 10 heteroatoms. The number of carboxylic acid groups (broad SMARTS) is 2. The summed E-state index contributed by atoms with van der Waals surface area (Å²) >= 11 is 2.85. The Bertz CT molecular complexity index is 573. The van der Waals surface area contributed by atoms with Crippen LogP contribution in [0.15, 0.2) is 16.6 Å². The van der Waals surface area contributed by atoms with Gasteiger partial charge in [0.2, 0.25) is 0 Å². The predicted molar refractivity (Wildman–Crippen MR) is 69.9 cm³/mol. The first kappa shape index (κ1) is 16.8. The van der Waals surface area contributed by atoms with Crippen molar-refractivity contribution in [1.82, 2.24) is 5.32 Å². The van der Waals surface area contributed by atoms with E-state index in [1.165, 1.54) is 0 Å². The van der Waals surface area contributed by atoms with Crippen molar-refractivity contribution in [2.24, 2.45) is 0 Å². The third-order valence-electron chi connectivity index (χ3n) is 2.23. The minimum absolute atomic E-state index is 0.109. The van der Waals surface area contributed by atoms with Gasteiger partial charge in [-0.25, -0.2) is 18.4 Å². The molecule has 1 atom stereocenters. The van der Waals surface area contributed by atoms with Crippen LogP contribution in [0.3, 0.4) is 0 Å². The Hall–Kier alpha value is -2.23. The maximum Gasteiger partial charge on any atom is 0.326 e. The van der Waals surface area contributed by atoms with Gasteiger partial charge in [-0.1, -0.05) is 15.9 Å². The van der Waals surface area contributed by atoms with E-state index < -0.39 is 47.8 Å². The van der Waals surface area contributed by atoms with E-state index >= 15 is 0 Å². The van der Waals surface area contributed by atoms with E-state index in [9.17, 15) is 23.2 Å². The zero-order chi connectivity index (χ0) is 16.2. The highest BCUT2D eigenvalue weighted by molar-refractivity contribution is 9.10. The van der Waals surface area contributed by atoms with E-state index in [2.05, 4.69) is 15.9 Å². The fourth-order valence-corrected chi connectivity index (χ4v) is 1.75. The molecule has 1 aromatic carbocycles. The van der Waals surface area contributed by atoms with E-state index in [0.29, 0.717) is 0 Å². The van der Waals surface area contributed by atoms with Gasteiger partial charge < -0.3 is 20.8 Å². The number of aliphatic carboxylic acids is 2. The molecule has 0 radical (unpaired) electrons. The molecule has 4 N–H and O–H groups in total. The molecular weight excluding hydrogens is 358 g/mol.